The van der Waals surface area contributed by atoms with E-state index in [0.29, 0.717) is 36.6 Å². The maximum atomic E-state index is 12.9. The number of hydrogen-bond acceptors (Lipinski definition) is 6. The molecule has 0 radical (unpaired) electrons. The molecule has 0 aliphatic carbocycles. The molecule has 140 valence electrons. The molecule has 0 saturated heterocycles. The van der Waals surface area contributed by atoms with E-state index in [0.717, 1.165) is 0 Å². The van der Waals surface area contributed by atoms with E-state index >= 15 is 0 Å². The molecule has 0 bridgehead atoms. The van der Waals surface area contributed by atoms with Crippen LogP contribution in [-0.2, 0) is 14.3 Å². The van der Waals surface area contributed by atoms with Crippen LogP contribution in [0, 0.1) is 5.92 Å². The molecule has 1 atom stereocenters. The van der Waals surface area contributed by atoms with E-state index in [1.54, 1.807) is 37.1 Å². The summed E-state index contributed by atoms with van der Waals surface area (Å²) in [5, 5.41) is 0. The Labute approximate surface area is 148 Å². The van der Waals surface area contributed by atoms with Gasteiger partial charge in [0.2, 0.25) is 0 Å². The highest BCUT2D eigenvalue weighted by molar-refractivity contribution is 5.95. The first-order chi connectivity index (χ1) is 12.0. The van der Waals surface area contributed by atoms with Crippen molar-refractivity contribution in [2.75, 3.05) is 48.1 Å². The normalized spacial score (nSPS) is 11.6. The first kappa shape index (κ1) is 20.8. The Kier molecular flexibility index (Phi) is 8.77. The Morgan fingerprint density at radius 2 is 1.76 bits per heavy atom. The molecule has 0 heterocycles. The van der Waals surface area contributed by atoms with Gasteiger partial charge in [0.15, 0.2) is 11.5 Å². The predicted molar refractivity (Wildman–Crippen MR) is 93.1 cm³/mol. The van der Waals surface area contributed by atoms with Crippen molar-refractivity contribution in [2.24, 2.45) is 5.92 Å². The van der Waals surface area contributed by atoms with E-state index in [-0.39, 0.29) is 18.4 Å². The van der Waals surface area contributed by atoms with Crippen molar-refractivity contribution in [3.8, 4) is 11.5 Å². The molecule has 0 aromatic heterocycles. The van der Waals surface area contributed by atoms with Crippen LogP contribution in [0.1, 0.15) is 23.7 Å². The van der Waals surface area contributed by atoms with Crippen LogP contribution in [0.4, 0.5) is 0 Å². The minimum Gasteiger partial charge on any atom is -0.493 e. The maximum Gasteiger partial charge on any atom is 0.310 e. The van der Waals surface area contributed by atoms with E-state index in [2.05, 4.69) is 0 Å². The second-order valence-corrected chi connectivity index (χ2v) is 5.59. The summed E-state index contributed by atoms with van der Waals surface area (Å²) in [6.45, 7) is 3.01. The van der Waals surface area contributed by atoms with Gasteiger partial charge in [0.1, 0.15) is 0 Å². The van der Waals surface area contributed by atoms with Gasteiger partial charge in [-0.3, -0.25) is 9.59 Å². The molecule has 0 fully saturated rings. The lowest BCUT2D eigenvalue weighted by Crippen LogP contribution is -2.38. The van der Waals surface area contributed by atoms with Gasteiger partial charge in [0.25, 0.3) is 5.91 Å². The lowest BCUT2D eigenvalue weighted by molar-refractivity contribution is -0.145. The van der Waals surface area contributed by atoms with Crippen molar-refractivity contribution in [3.63, 3.8) is 0 Å². The summed E-state index contributed by atoms with van der Waals surface area (Å²) in [6.07, 6.45) is 0.670. The fourth-order valence-corrected chi connectivity index (χ4v) is 2.43. The number of benzene rings is 1. The summed E-state index contributed by atoms with van der Waals surface area (Å²) in [5.41, 5.74) is 0.465. The predicted octanol–water partition coefficient (Wildman–Crippen LogP) is 1.99. The fraction of sp³-hybridized carbons (Fsp3) is 0.556. The van der Waals surface area contributed by atoms with Gasteiger partial charge in [0.05, 0.1) is 27.2 Å². The summed E-state index contributed by atoms with van der Waals surface area (Å²) >= 11 is 0. The molecule has 0 aliphatic rings. The van der Waals surface area contributed by atoms with Gasteiger partial charge in [-0.25, -0.2) is 0 Å². The highest BCUT2D eigenvalue weighted by Gasteiger charge is 2.23. The van der Waals surface area contributed by atoms with Crippen molar-refractivity contribution in [3.05, 3.63) is 23.8 Å². The minimum atomic E-state index is -0.420. The van der Waals surface area contributed by atoms with Gasteiger partial charge >= 0.3 is 5.97 Å². The van der Waals surface area contributed by atoms with Crippen molar-refractivity contribution >= 4 is 11.9 Å². The molecule has 0 saturated carbocycles. The van der Waals surface area contributed by atoms with Gasteiger partial charge in [-0.2, -0.15) is 0 Å². The van der Waals surface area contributed by atoms with Crippen LogP contribution in [0.25, 0.3) is 0 Å². The summed E-state index contributed by atoms with van der Waals surface area (Å²) < 4.78 is 20.3. The quantitative estimate of drug-likeness (QED) is 0.473. The Hall–Kier alpha value is -2.28. The molecule has 1 unspecified atom stereocenters. The Bertz CT molecular complexity index is 575. The standard InChI is InChI=1S/C18H27NO6/c1-13(18(21)25-5)12-19(9-6-10-22-2)17(20)14-7-8-15(23-3)16(11-14)24-4/h7-8,11,13H,6,9-10,12H2,1-5H3. The SMILES string of the molecule is COCCCN(CC(C)C(=O)OC)C(=O)c1ccc(OC)c(OC)c1. The molecule has 1 amide bonds. The smallest absolute Gasteiger partial charge is 0.310 e. The number of ether oxygens (including phenoxy) is 4. The zero-order chi connectivity index (χ0) is 18.8. The van der Waals surface area contributed by atoms with Crippen LogP contribution in [0.15, 0.2) is 18.2 Å². The molecule has 1 aromatic carbocycles. The number of nitrogens with zero attached hydrogens (tertiary/aromatic N) is 1. The number of methoxy groups -OCH3 is 4. The first-order valence-corrected chi connectivity index (χ1v) is 8.06. The van der Waals surface area contributed by atoms with E-state index in [4.69, 9.17) is 18.9 Å². The molecule has 0 aliphatic heterocycles. The third-order valence-corrected chi connectivity index (χ3v) is 3.79. The fourth-order valence-electron chi connectivity index (χ4n) is 2.43. The van der Waals surface area contributed by atoms with Crippen LogP contribution in [0.5, 0.6) is 11.5 Å². The average molecular weight is 353 g/mol. The number of esters is 1. The zero-order valence-electron chi connectivity index (χ0n) is 15.5. The molecule has 7 nitrogen and oxygen atoms in total. The Balaban J connectivity index is 2.99. The first-order valence-electron chi connectivity index (χ1n) is 8.06. The zero-order valence-corrected chi connectivity index (χ0v) is 15.5. The average Bonchev–Trinajstić information content (AvgIpc) is 2.65. The minimum absolute atomic E-state index is 0.187. The van der Waals surface area contributed by atoms with Crippen LogP contribution < -0.4 is 9.47 Å². The lowest BCUT2D eigenvalue weighted by atomic mass is 10.1. The van der Waals surface area contributed by atoms with Gasteiger partial charge in [-0.05, 0) is 24.6 Å². The van der Waals surface area contributed by atoms with Gasteiger partial charge in [-0.15, -0.1) is 0 Å². The largest absolute Gasteiger partial charge is 0.493 e. The summed E-state index contributed by atoms with van der Waals surface area (Å²) in [6, 6.07) is 4.99. The van der Waals surface area contributed by atoms with Gasteiger partial charge in [-0.1, -0.05) is 6.92 Å². The van der Waals surface area contributed by atoms with E-state index < -0.39 is 5.92 Å². The molecule has 1 aromatic rings. The van der Waals surface area contributed by atoms with E-state index in [9.17, 15) is 9.59 Å². The second-order valence-electron chi connectivity index (χ2n) is 5.59. The van der Waals surface area contributed by atoms with E-state index in [1.807, 2.05) is 0 Å². The molecule has 0 N–H and O–H groups in total. The third-order valence-electron chi connectivity index (χ3n) is 3.79. The Morgan fingerprint density at radius 1 is 1.08 bits per heavy atom. The molecular formula is C18H27NO6. The highest BCUT2D eigenvalue weighted by Crippen LogP contribution is 2.28. The van der Waals surface area contributed by atoms with Crippen molar-refractivity contribution in [1.82, 2.24) is 4.90 Å². The monoisotopic (exact) mass is 353 g/mol. The molecule has 7 heteroatoms. The van der Waals surface area contributed by atoms with Crippen molar-refractivity contribution < 1.29 is 28.5 Å². The topological polar surface area (TPSA) is 74.3 Å². The number of amides is 1. The second kappa shape index (κ2) is 10.6. The molecular weight excluding hydrogens is 326 g/mol. The summed E-state index contributed by atoms with van der Waals surface area (Å²) in [7, 11) is 6.00. The number of carbonyl (C=O) groups is 2. The van der Waals surface area contributed by atoms with Crippen LogP contribution in [-0.4, -0.2) is 64.9 Å². The van der Waals surface area contributed by atoms with Gasteiger partial charge in [0, 0.05) is 32.4 Å². The van der Waals surface area contributed by atoms with Crippen molar-refractivity contribution in [1.29, 1.82) is 0 Å². The molecule has 0 spiro atoms. The van der Waals surface area contributed by atoms with E-state index in [1.165, 1.54) is 21.3 Å². The Morgan fingerprint density at radius 3 is 2.32 bits per heavy atom. The summed E-state index contributed by atoms with van der Waals surface area (Å²) in [4.78, 5) is 26.2. The number of rotatable bonds is 10. The van der Waals surface area contributed by atoms with Crippen molar-refractivity contribution in [2.45, 2.75) is 13.3 Å². The number of hydrogen-bond donors (Lipinski definition) is 0. The van der Waals surface area contributed by atoms with Crippen LogP contribution in [0.3, 0.4) is 0 Å². The summed E-state index contributed by atoms with van der Waals surface area (Å²) in [5.74, 6) is 0.0698. The van der Waals surface area contributed by atoms with Crippen LogP contribution >= 0.6 is 0 Å². The van der Waals surface area contributed by atoms with Gasteiger partial charge < -0.3 is 23.8 Å². The third kappa shape index (κ3) is 5.94. The number of carbonyl (C=O) groups excluding carboxylic acids is 2. The molecule has 25 heavy (non-hydrogen) atoms. The highest BCUT2D eigenvalue weighted by atomic mass is 16.5. The molecule has 1 rings (SSSR count). The van der Waals surface area contributed by atoms with Crippen LogP contribution in [0.2, 0.25) is 0 Å². The lowest BCUT2D eigenvalue weighted by Gasteiger charge is -2.25. The maximum absolute atomic E-state index is 12.9.